The molecule has 1 fully saturated rings. The van der Waals surface area contributed by atoms with Gasteiger partial charge in [-0.25, -0.2) is 9.78 Å². The molecule has 1 unspecified atom stereocenters. The molecule has 1 aliphatic rings. The molecule has 0 saturated carbocycles. The zero-order valence-electron chi connectivity index (χ0n) is 14.1. The number of ether oxygens (including phenoxy) is 1. The van der Waals surface area contributed by atoms with Gasteiger partial charge < -0.3 is 10.1 Å². The summed E-state index contributed by atoms with van der Waals surface area (Å²) in [5.41, 5.74) is 1.39. The van der Waals surface area contributed by atoms with E-state index in [2.05, 4.69) is 15.3 Å². The zero-order valence-corrected chi connectivity index (χ0v) is 14.9. The number of rotatable bonds is 5. The van der Waals surface area contributed by atoms with E-state index in [1.54, 1.807) is 0 Å². The summed E-state index contributed by atoms with van der Waals surface area (Å²) in [7, 11) is 0. The highest BCUT2D eigenvalue weighted by Gasteiger charge is 2.35. The first-order valence-electron chi connectivity index (χ1n) is 8.35. The molecule has 1 aliphatic heterocycles. The van der Waals surface area contributed by atoms with Gasteiger partial charge in [0.15, 0.2) is 5.15 Å². The summed E-state index contributed by atoms with van der Waals surface area (Å²) in [4.78, 5) is 34.3. The number of likely N-dealkylation sites (tertiary alicyclic amines) is 1. The zero-order chi connectivity index (χ0) is 18.4. The quantitative estimate of drug-likeness (QED) is 0.869. The molecule has 1 aromatic carbocycles. The van der Waals surface area contributed by atoms with Crippen LogP contribution in [0.3, 0.4) is 0 Å². The predicted molar refractivity (Wildman–Crippen MR) is 95.2 cm³/mol. The van der Waals surface area contributed by atoms with E-state index in [1.165, 1.54) is 17.3 Å². The van der Waals surface area contributed by atoms with Crippen LogP contribution in [0, 0.1) is 0 Å². The van der Waals surface area contributed by atoms with Crippen LogP contribution in [-0.4, -0.2) is 39.5 Å². The maximum atomic E-state index is 12.5. The van der Waals surface area contributed by atoms with E-state index in [4.69, 9.17) is 16.3 Å². The van der Waals surface area contributed by atoms with Crippen molar-refractivity contribution in [3.05, 3.63) is 59.1 Å². The van der Waals surface area contributed by atoms with Gasteiger partial charge in [-0.1, -0.05) is 41.9 Å². The Hall–Kier alpha value is -2.67. The Balaban J connectivity index is 1.54. The Kier molecular flexibility index (Phi) is 6.01. The van der Waals surface area contributed by atoms with Crippen molar-refractivity contribution < 1.29 is 14.3 Å². The highest BCUT2D eigenvalue weighted by Crippen LogP contribution is 2.19. The molecule has 26 heavy (non-hydrogen) atoms. The maximum absolute atomic E-state index is 12.5. The van der Waals surface area contributed by atoms with Crippen molar-refractivity contribution in [1.29, 1.82) is 0 Å². The normalized spacial score (nSPS) is 16.3. The van der Waals surface area contributed by atoms with Crippen LogP contribution >= 0.6 is 11.6 Å². The van der Waals surface area contributed by atoms with Crippen LogP contribution in [-0.2, 0) is 22.7 Å². The van der Waals surface area contributed by atoms with E-state index in [1.807, 2.05) is 30.3 Å². The molecule has 0 spiro atoms. The average Bonchev–Trinajstić information content (AvgIpc) is 3.16. The number of benzene rings is 1. The fourth-order valence-corrected chi connectivity index (χ4v) is 2.99. The van der Waals surface area contributed by atoms with Gasteiger partial charge in [-0.3, -0.25) is 14.7 Å². The summed E-state index contributed by atoms with van der Waals surface area (Å²) < 4.78 is 5.34. The van der Waals surface area contributed by atoms with Crippen LogP contribution in [0.5, 0.6) is 0 Å². The number of carbonyl (C=O) groups is 2. The van der Waals surface area contributed by atoms with E-state index < -0.39 is 12.1 Å². The van der Waals surface area contributed by atoms with Crippen LogP contribution in [0.2, 0.25) is 5.15 Å². The minimum absolute atomic E-state index is 0.162. The SMILES string of the molecule is O=C(NCc1nccnc1Cl)C1CCCN1C(=O)OCc1ccccc1. The highest BCUT2D eigenvalue weighted by molar-refractivity contribution is 6.29. The molecule has 8 heteroatoms. The summed E-state index contributed by atoms with van der Waals surface area (Å²) in [6, 6.07) is 8.88. The fraction of sp³-hybridized carbons (Fsp3) is 0.333. The number of halogens is 1. The first kappa shape index (κ1) is 18.1. The summed E-state index contributed by atoms with van der Waals surface area (Å²) in [5, 5.41) is 3.01. The van der Waals surface area contributed by atoms with Gasteiger partial charge in [-0.15, -0.1) is 0 Å². The van der Waals surface area contributed by atoms with E-state index in [0.717, 1.165) is 12.0 Å². The number of hydrogen-bond donors (Lipinski definition) is 1. The monoisotopic (exact) mass is 374 g/mol. The summed E-state index contributed by atoms with van der Waals surface area (Å²) >= 11 is 5.94. The van der Waals surface area contributed by atoms with Crippen LogP contribution < -0.4 is 5.32 Å². The summed E-state index contributed by atoms with van der Waals surface area (Å²) in [6.07, 6.45) is 3.86. The van der Waals surface area contributed by atoms with E-state index in [9.17, 15) is 9.59 Å². The Labute approximate surface area is 156 Å². The molecule has 3 rings (SSSR count). The van der Waals surface area contributed by atoms with Gasteiger partial charge in [-0.2, -0.15) is 0 Å². The fourth-order valence-electron chi connectivity index (χ4n) is 2.82. The number of nitrogens with zero attached hydrogens (tertiary/aromatic N) is 3. The lowest BCUT2D eigenvalue weighted by atomic mass is 10.2. The number of aromatic nitrogens is 2. The topological polar surface area (TPSA) is 84.4 Å². The molecule has 1 saturated heterocycles. The van der Waals surface area contributed by atoms with Crippen LogP contribution in [0.4, 0.5) is 4.79 Å². The van der Waals surface area contributed by atoms with Crippen molar-refractivity contribution in [2.75, 3.05) is 6.54 Å². The number of nitrogens with one attached hydrogen (secondary N) is 1. The molecule has 2 heterocycles. The summed E-state index contributed by atoms with van der Waals surface area (Å²) in [5.74, 6) is -0.249. The molecule has 1 aromatic heterocycles. The minimum atomic E-state index is -0.547. The van der Waals surface area contributed by atoms with Gasteiger partial charge in [0.25, 0.3) is 0 Å². The van der Waals surface area contributed by atoms with Gasteiger partial charge in [0.05, 0.1) is 12.2 Å². The Morgan fingerprint density at radius 1 is 1.23 bits per heavy atom. The van der Waals surface area contributed by atoms with E-state index >= 15 is 0 Å². The molecule has 0 radical (unpaired) electrons. The lowest BCUT2D eigenvalue weighted by Gasteiger charge is -2.23. The van der Waals surface area contributed by atoms with Gasteiger partial charge in [0.1, 0.15) is 12.6 Å². The van der Waals surface area contributed by atoms with Crippen LogP contribution in [0.25, 0.3) is 0 Å². The van der Waals surface area contributed by atoms with Crippen molar-refractivity contribution in [3.63, 3.8) is 0 Å². The van der Waals surface area contributed by atoms with Crippen molar-refractivity contribution in [3.8, 4) is 0 Å². The lowest BCUT2D eigenvalue weighted by molar-refractivity contribution is -0.125. The Bertz CT molecular complexity index is 772. The largest absolute Gasteiger partial charge is 0.445 e. The smallest absolute Gasteiger partial charge is 0.410 e. The second kappa shape index (κ2) is 8.62. The van der Waals surface area contributed by atoms with Crippen LogP contribution in [0.1, 0.15) is 24.1 Å². The van der Waals surface area contributed by atoms with Crippen molar-refractivity contribution >= 4 is 23.6 Å². The molecule has 7 nitrogen and oxygen atoms in total. The van der Waals surface area contributed by atoms with Gasteiger partial charge >= 0.3 is 6.09 Å². The molecular weight excluding hydrogens is 356 g/mol. The highest BCUT2D eigenvalue weighted by atomic mass is 35.5. The van der Waals surface area contributed by atoms with Gasteiger partial charge in [0, 0.05) is 18.9 Å². The number of amides is 2. The van der Waals surface area contributed by atoms with Gasteiger partial charge in [-0.05, 0) is 18.4 Å². The Morgan fingerprint density at radius 2 is 2.00 bits per heavy atom. The summed E-state index contributed by atoms with van der Waals surface area (Å²) in [6.45, 7) is 0.840. The molecule has 0 aliphatic carbocycles. The third kappa shape index (κ3) is 4.49. The van der Waals surface area contributed by atoms with E-state index in [-0.39, 0.29) is 24.2 Å². The second-order valence-electron chi connectivity index (χ2n) is 5.90. The minimum Gasteiger partial charge on any atom is -0.445 e. The Morgan fingerprint density at radius 3 is 2.77 bits per heavy atom. The number of carbonyl (C=O) groups excluding carboxylic acids is 2. The molecule has 0 bridgehead atoms. The third-order valence-electron chi connectivity index (χ3n) is 4.15. The average molecular weight is 375 g/mol. The second-order valence-corrected chi connectivity index (χ2v) is 6.26. The maximum Gasteiger partial charge on any atom is 0.410 e. The molecule has 2 aromatic rings. The predicted octanol–water partition coefficient (Wildman–Crippen LogP) is 2.55. The molecule has 1 atom stereocenters. The standard InChI is InChI=1S/C18H19ClN4O3/c19-16-14(20-8-9-21-16)11-22-17(24)15-7-4-10-23(15)18(25)26-12-13-5-2-1-3-6-13/h1-3,5-6,8-9,15H,4,7,10-12H2,(H,22,24). The van der Waals surface area contributed by atoms with Gasteiger partial charge in [0.2, 0.25) is 5.91 Å². The van der Waals surface area contributed by atoms with E-state index in [0.29, 0.717) is 18.7 Å². The number of hydrogen-bond acceptors (Lipinski definition) is 5. The lowest BCUT2D eigenvalue weighted by Crippen LogP contribution is -2.46. The van der Waals surface area contributed by atoms with Crippen LogP contribution in [0.15, 0.2) is 42.7 Å². The molecule has 2 amide bonds. The third-order valence-corrected chi connectivity index (χ3v) is 4.46. The van der Waals surface area contributed by atoms with Crippen molar-refractivity contribution in [1.82, 2.24) is 20.2 Å². The molecule has 1 N–H and O–H groups in total. The first-order chi connectivity index (χ1) is 12.6. The van der Waals surface area contributed by atoms with Crippen molar-refractivity contribution in [2.24, 2.45) is 0 Å². The molecule has 136 valence electrons. The van der Waals surface area contributed by atoms with Crippen molar-refractivity contribution in [2.45, 2.75) is 32.0 Å². The first-order valence-corrected chi connectivity index (χ1v) is 8.73. The molecular formula is C18H19ClN4O3.